The van der Waals surface area contributed by atoms with Gasteiger partial charge in [-0.3, -0.25) is 4.79 Å². The molecule has 1 aromatic heterocycles. The summed E-state index contributed by atoms with van der Waals surface area (Å²) in [5, 5.41) is 5.53. The first kappa shape index (κ1) is 16.1. The summed E-state index contributed by atoms with van der Waals surface area (Å²) in [5.41, 5.74) is 6.82. The summed E-state index contributed by atoms with van der Waals surface area (Å²) in [6, 6.07) is 0. The van der Waals surface area contributed by atoms with Gasteiger partial charge in [0.05, 0.1) is 11.6 Å². The van der Waals surface area contributed by atoms with E-state index < -0.39 is 0 Å². The molecule has 1 unspecified atom stereocenters. The second-order valence-electron chi connectivity index (χ2n) is 6.42. The van der Waals surface area contributed by atoms with Crippen molar-refractivity contribution in [2.45, 2.75) is 47.0 Å². The number of nitrogens with one attached hydrogen (secondary N) is 1. The summed E-state index contributed by atoms with van der Waals surface area (Å²) >= 11 is 1.47. The van der Waals surface area contributed by atoms with Crippen LogP contribution in [0.1, 0.15) is 52.7 Å². The zero-order chi connectivity index (χ0) is 14.6. The van der Waals surface area contributed by atoms with Crippen molar-refractivity contribution in [3.8, 4) is 0 Å². The Labute approximate surface area is 119 Å². The van der Waals surface area contributed by atoms with Gasteiger partial charge in [0.25, 0.3) is 0 Å². The van der Waals surface area contributed by atoms with Crippen LogP contribution in [0.2, 0.25) is 0 Å². The Hall–Kier alpha value is -0.940. The van der Waals surface area contributed by atoms with Crippen LogP contribution < -0.4 is 11.1 Å². The molecule has 1 atom stereocenters. The molecule has 0 aliphatic heterocycles. The lowest BCUT2D eigenvalue weighted by molar-refractivity contribution is -0.120. The maximum absolute atomic E-state index is 12.2. The molecule has 1 rings (SSSR count). The molecule has 0 radical (unpaired) electrons. The maximum atomic E-state index is 12.2. The Morgan fingerprint density at radius 3 is 2.53 bits per heavy atom. The second-order valence-corrected chi connectivity index (χ2v) is 7.28. The van der Waals surface area contributed by atoms with Gasteiger partial charge in [0, 0.05) is 11.9 Å². The average molecular weight is 283 g/mol. The molecule has 0 aromatic carbocycles. The lowest BCUT2D eigenvalue weighted by Gasteiger charge is -2.23. The van der Waals surface area contributed by atoms with Gasteiger partial charge >= 0.3 is 0 Å². The minimum Gasteiger partial charge on any atom is -0.330 e. The van der Waals surface area contributed by atoms with Gasteiger partial charge in [0.2, 0.25) is 5.91 Å². The Kier molecular flexibility index (Phi) is 5.50. The topological polar surface area (TPSA) is 68.0 Å². The molecule has 0 aliphatic carbocycles. The summed E-state index contributed by atoms with van der Waals surface area (Å²) in [4.78, 5) is 16.6. The van der Waals surface area contributed by atoms with E-state index >= 15 is 0 Å². The average Bonchev–Trinajstić information content (AvgIpc) is 2.73. The summed E-state index contributed by atoms with van der Waals surface area (Å²) in [6.07, 6.45) is 0.776. The van der Waals surface area contributed by atoms with Crippen LogP contribution in [0.5, 0.6) is 0 Å². The van der Waals surface area contributed by atoms with Crippen LogP contribution in [0.25, 0.3) is 0 Å². The fourth-order valence-electron chi connectivity index (χ4n) is 1.84. The van der Waals surface area contributed by atoms with E-state index in [1.54, 1.807) is 0 Å². The highest BCUT2D eigenvalue weighted by Crippen LogP contribution is 2.26. The number of amides is 1. The zero-order valence-corrected chi connectivity index (χ0v) is 13.3. The lowest BCUT2D eigenvalue weighted by atomic mass is 9.84. The van der Waals surface area contributed by atoms with Crippen molar-refractivity contribution in [1.82, 2.24) is 4.98 Å². The van der Waals surface area contributed by atoms with Crippen LogP contribution >= 0.6 is 11.3 Å². The maximum Gasteiger partial charge on any atom is 0.230 e. The predicted octanol–water partition coefficient (Wildman–Crippen LogP) is 3.22. The number of anilines is 1. The Morgan fingerprint density at radius 1 is 1.47 bits per heavy atom. The van der Waals surface area contributed by atoms with E-state index in [9.17, 15) is 4.79 Å². The number of carbonyl (C=O) groups excluding carboxylic acids is 1. The first-order chi connectivity index (χ1) is 8.73. The van der Waals surface area contributed by atoms with E-state index in [1.807, 2.05) is 5.38 Å². The van der Waals surface area contributed by atoms with E-state index in [2.05, 4.69) is 44.9 Å². The van der Waals surface area contributed by atoms with E-state index in [-0.39, 0.29) is 17.2 Å². The quantitative estimate of drug-likeness (QED) is 0.872. The number of hydrogen-bond donors (Lipinski definition) is 2. The van der Waals surface area contributed by atoms with E-state index in [1.165, 1.54) is 11.3 Å². The van der Waals surface area contributed by atoms with Crippen molar-refractivity contribution in [1.29, 1.82) is 0 Å². The molecule has 0 saturated heterocycles. The molecule has 0 bridgehead atoms. The number of thiazole rings is 1. The van der Waals surface area contributed by atoms with Gasteiger partial charge in [-0.05, 0) is 17.8 Å². The number of nitrogens with two attached hydrogens (primary N) is 1. The van der Waals surface area contributed by atoms with Crippen LogP contribution in [-0.2, 0) is 4.79 Å². The zero-order valence-electron chi connectivity index (χ0n) is 12.5. The monoisotopic (exact) mass is 283 g/mol. The van der Waals surface area contributed by atoms with Crippen LogP contribution in [0.4, 0.5) is 5.13 Å². The molecule has 0 saturated carbocycles. The van der Waals surface area contributed by atoms with Crippen LogP contribution in [0.3, 0.4) is 0 Å². The van der Waals surface area contributed by atoms with Crippen molar-refractivity contribution in [3.63, 3.8) is 0 Å². The smallest absolute Gasteiger partial charge is 0.230 e. The first-order valence-electron chi connectivity index (χ1n) is 6.69. The number of nitrogens with zero attached hydrogens (tertiary/aromatic N) is 1. The van der Waals surface area contributed by atoms with Crippen molar-refractivity contribution in [2.75, 3.05) is 11.9 Å². The third-order valence-corrected chi connectivity index (χ3v) is 3.63. The molecule has 108 valence electrons. The number of aromatic nitrogens is 1. The predicted molar refractivity (Wildman–Crippen MR) is 81.4 cm³/mol. The molecule has 0 fully saturated rings. The number of hydrogen-bond acceptors (Lipinski definition) is 4. The Bertz CT molecular complexity index is 421. The Morgan fingerprint density at radius 2 is 2.11 bits per heavy atom. The highest BCUT2D eigenvalue weighted by molar-refractivity contribution is 7.13. The van der Waals surface area contributed by atoms with Gasteiger partial charge in [-0.25, -0.2) is 4.98 Å². The van der Waals surface area contributed by atoms with Gasteiger partial charge in [-0.1, -0.05) is 34.6 Å². The molecule has 1 amide bonds. The van der Waals surface area contributed by atoms with Gasteiger partial charge < -0.3 is 11.1 Å². The third kappa shape index (κ3) is 5.28. The Balaban J connectivity index is 2.66. The number of rotatable bonds is 5. The van der Waals surface area contributed by atoms with E-state index in [4.69, 9.17) is 5.73 Å². The van der Waals surface area contributed by atoms with Crippen molar-refractivity contribution < 1.29 is 4.79 Å². The molecular weight excluding hydrogens is 258 g/mol. The van der Waals surface area contributed by atoms with Crippen LogP contribution in [0, 0.1) is 11.3 Å². The normalized spacial score (nSPS) is 13.6. The highest BCUT2D eigenvalue weighted by atomic mass is 32.1. The van der Waals surface area contributed by atoms with Crippen LogP contribution in [0.15, 0.2) is 5.38 Å². The summed E-state index contributed by atoms with van der Waals surface area (Å²) in [6.45, 7) is 10.9. The SMILES string of the molecule is CC(C)c1csc(NC(=O)C(CN)CC(C)(C)C)n1. The van der Waals surface area contributed by atoms with Crippen molar-refractivity contribution >= 4 is 22.4 Å². The van der Waals surface area contributed by atoms with Gasteiger partial charge in [-0.2, -0.15) is 0 Å². The molecule has 5 heteroatoms. The summed E-state index contributed by atoms with van der Waals surface area (Å²) in [7, 11) is 0. The molecule has 4 nitrogen and oxygen atoms in total. The standard InChI is InChI=1S/C14H25N3OS/c1-9(2)11-8-19-13(16-11)17-12(18)10(7-15)6-14(3,4)5/h8-10H,6-7,15H2,1-5H3,(H,16,17,18). The largest absolute Gasteiger partial charge is 0.330 e. The van der Waals surface area contributed by atoms with Crippen molar-refractivity contribution in [3.05, 3.63) is 11.1 Å². The number of carbonyl (C=O) groups is 1. The van der Waals surface area contributed by atoms with Crippen molar-refractivity contribution in [2.24, 2.45) is 17.1 Å². The van der Waals surface area contributed by atoms with Gasteiger partial charge in [0.15, 0.2) is 5.13 Å². The fraction of sp³-hybridized carbons (Fsp3) is 0.714. The molecule has 1 heterocycles. The summed E-state index contributed by atoms with van der Waals surface area (Å²) in [5.74, 6) is 0.190. The lowest BCUT2D eigenvalue weighted by Crippen LogP contribution is -2.32. The van der Waals surface area contributed by atoms with Crippen LogP contribution in [-0.4, -0.2) is 17.4 Å². The fourth-order valence-corrected chi connectivity index (χ4v) is 2.71. The minimum atomic E-state index is -0.161. The molecule has 1 aromatic rings. The molecule has 19 heavy (non-hydrogen) atoms. The van der Waals surface area contributed by atoms with E-state index in [0.29, 0.717) is 17.6 Å². The van der Waals surface area contributed by atoms with Gasteiger partial charge in [0.1, 0.15) is 0 Å². The summed E-state index contributed by atoms with van der Waals surface area (Å²) < 4.78 is 0. The molecule has 3 N–H and O–H groups in total. The van der Waals surface area contributed by atoms with Gasteiger partial charge in [-0.15, -0.1) is 11.3 Å². The third-order valence-electron chi connectivity index (χ3n) is 2.86. The molecule has 0 aliphatic rings. The van der Waals surface area contributed by atoms with E-state index in [0.717, 1.165) is 12.1 Å². The first-order valence-corrected chi connectivity index (χ1v) is 7.57. The highest BCUT2D eigenvalue weighted by Gasteiger charge is 2.24. The second kappa shape index (κ2) is 6.48. The molecular formula is C14H25N3OS. The molecule has 0 spiro atoms. The minimum absolute atomic E-state index is 0.0259.